The number of fused-ring (bicyclic) bond motifs is 4. The maximum absolute atomic E-state index is 17.0. The number of hydrogen-bond donors (Lipinski definition) is 0. The molecule has 96 heavy (non-hydrogen) atoms. The van der Waals surface area contributed by atoms with E-state index in [-0.39, 0.29) is 59.0 Å². The molecule has 18 heteroatoms. The van der Waals surface area contributed by atoms with Crippen molar-refractivity contribution in [2.24, 2.45) is 23.7 Å². The first-order valence-electron chi connectivity index (χ1n) is 34.7. The summed E-state index contributed by atoms with van der Waals surface area (Å²) in [5, 5.41) is 2.79. The minimum atomic E-state index is -0.632. The zero-order valence-corrected chi connectivity index (χ0v) is 63.8. The Morgan fingerprint density at radius 3 is 1.32 bits per heavy atom. The van der Waals surface area contributed by atoms with Crippen LogP contribution < -0.4 is 0 Å². The molecule has 0 fully saturated rings. The van der Waals surface area contributed by atoms with Gasteiger partial charge in [-0.3, -0.25) is 29.0 Å². The van der Waals surface area contributed by atoms with Crippen LogP contribution in [0.25, 0.3) is 91.2 Å². The standard InChI is InChI=1S/C78H84ClF3N2O4S8/c1-11-19-23-43(15-5)32-59-51(79)37-61(93-59)65-49-31-41(9)89-70(49)66(62-38-54(82)60(94-62)33-44(16-6)24-20-12-2)50-36-63(95-71(50)65)74-69-68(77(87)84(78(69)88)40-46(18-8)26-22-14-4)73(96-74)58-30-28-56(92-58)48-35-52(80)47(34-53(48)81)55-27-29-57(91-55)72-67-64(42(10)90-72)75(85)83(76(67)86)39-45(17-7)25-21-13-3/h27-31,34-38,43-46H,11-26,32-33,39-40H2,1-10H3. The maximum Gasteiger partial charge on any atom is 0.263 e. The molecule has 0 saturated heterocycles. The molecule has 506 valence electrons. The molecular weight excluding hydrogens is 1380 g/mol. The van der Waals surface area contributed by atoms with Crippen molar-refractivity contribution in [3.8, 4) is 71.0 Å². The van der Waals surface area contributed by atoms with Crippen molar-refractivity contribution < 1.29 is 32.3 Å². The summed E-state index contributed by atoms with van der Waals surface area (Å²) in [5.41, 5.74) is 3.68. The van der Waals surface area contributed by atoms with Gasteiger partial charge in [0, 0.05) is 109 Å². The topological polar surface area (TPSA) is 74.8 Å². The van der Waals surface area contributed by atoms with Crippen molar-refractivity contribution >= 4 is 146 Å². The first-order valence-corrected chi connectivity index (χ1v) is 41.6. The number of benzene rings is 2. The van der Waals surface area contributed by atoms with Gasteiger partial charge in [-0.1, -0.05) is 157 Å². The number of unbranched alkanes of at least 4 members (excludes halogenated alkanes) is 4. The van der Waals surface area contributed by atoms with Crippen LogP contribution in [0.2, 0.25) is 5.02 Å². The average molecular weight is 1460 g/mol. The van der Waals surface area contributed by atoms with Crippen molar-refractivity contribution in [1.29, 1.82) is 0 Å². The SMILES string of the molecule is CCCCC(CC)Cc1sc(-c2c3cc(-c4sc(-c5ccc(-c6cc(F)c(-c7ccc(-c8sc(C)c9c8C(=O)N(CC(CC)CCCC)C9=O)s7)cc6F)s5)c5c4C(=O)N(CC(CC)CCCC)C5=O)sc3c(-c3cc(Cl)c(CC(CC)CCCC)s3)c3cc(C)sc23)cc1F. The zero-order chi connectivity index (χ0) is 68.0. The molecular formula is C78H84ClF3N2O4S8. The predicted octanol–water partition coefficient (Wildman–Crippen LogP) is 27.0. The summed E-state index contributed by atoms with van der Waals surface area (Å²) in [4.78, 5) is 72.3. The van der Waals surface area contributed by atoms with E-state index in [0.717, 1.165) is 175 Å². The second-order valence-electron chi connectivity index (χ2n) is 26.4. The monoisotopic (exact) mass is 1460 g/mol. The summed E-state index contributed by atoms with van der Waals surface area (Å²) in [6, 6.07) is 17.9. The lowest BCUT2D eigenvalue weighted by Crippen LogP contribution is -2.34. The molecule has 2 aliphatic rings. The molecule has 8 aromatic heterocycles. The van der Waals surface area contributed by atoms with E-state index in [2.05, 4.69) is 80.5 Å². The lowest BCUT2D eigenvalue weighted by atomic mass is 9.95. The fourth-order valence-electron chi connectivity index (χ4n) is 14.1. The van der Waals surface area contributed by atoms with Crippen molar-refractivity contribution in [3.05, 3.63) is 125 Å². The molecule has 0 radical (unpaired) electrons. The fraction of sp³-hybridized carbons (Fsp3) is 0.436. The third-order valence-corrected chi connectivity index (χ3v) is 30.0. The summed E-state index contributed by atoms with van der Waals surface area (Å²) < 4.78 is 52.5. The van der Waals surface area contributed by atoms with Crippen LogP contribution in [-0.4, -0.2) is 46.5 Å². The molecule has 0 aliphatic carbocycles. The van der Waals surface area contributed by atoms with Crippen LogP contribution in [0.5, 0.6) is 0 Å². The molecule has 6 nitrogen and oxygen atoms in total. The Morgan fingerprint density at radius 2 is 0.812 bits per heavy atom. The number of imide groups is 2. The highest BCUT2D eigenvalue weighted by atomic mass is 35.5. The molecule has 4 unspecified atom stereocenters. The van der Waals surface area contributed by atoms with E-state index in [1.54, 1.807) is 63.5 Å². The molecule has 12 rings (SSSR count). The van der Waals surface area contributed by atoms with Crippen molar-refractivity contribution in [2.75, 3.05) is 13.1 Å². The van der Waals surface area contributed by atoms with Gasteiger partial charge in [0.2, 0.25) is 0 Å². The molecule has 2 aromatic carbocycles. The highest BCUT2D eigenvalue weighted by Crippen LogP contribution is 2.58. The smallest absolute Gasteiger partial charge is 0.263 e. The van der Waals surface area contributed by atoms with E-state index in [0.29, 0.717) is 81.2 Å². The molecule has 0 N–H and O–H groups in total. The van der Waals surface area contributed by atoms with Crippen LogP contribution in [0.15, 0.2) is 60.7 Å². The summed E-state index contributed by atoms with van der Waals surface area (Å²) in [7, 11) is 0. The summed E-state index contributed by atoms with van der Waals surface area (Å²) >= 11 is 19.2. The molecule has 0 saturated carbocycles. The Labute approximate surface area is 600 Å². The number of amides is 4. The second-order valence-corrected chi connectivity index (χ2v) is 35.8. The number of nitrogens with zero attached hydrogens (tertiary/aromatic N) is 2. The first-order chi connectivity index (χ1) is 46.4. The highest BCUT2D eigenvalue weighted by molar-refractivity contribution is 7.30. The molecule has 4 atom stereocenters. The van der Waals surface area contributed by atoms with E-state index in [1.165, 1.54) is 72.2 Å². The Bertz CT molecular complexity index is 4450. The third-order valence-electron chi connectivity index (χ3n) is 19.9. The van der Waals surface area contributed by atoms with Crippen LogP contribution in [0.1, 0.15) is 219 Å². The minimum Gasteiger partial charge on any atom is -0.274 e. The largest absolute Gasteiger partial charge is 0.274 e. The summed E-state index contributed by atoms with van der Waals surface area (Å²) in [5.74, 6) is -1.50. The van der Waals surface area contributed by atoms with Gasteiger partial charge in [-0.15, -0.1) is 90.7 Å². The lowest BCUT2D eigenvalue weighted by molar-refractivity contribution is 0.0609. The maximum atomic E-state index is 17.0. The van der Waals surface area contributed by atoms with Crippen LogP contribution in [0.3, 0.4) is 0 Å². The number of rotatable bonds is 31. The van der Waals surface area contributed by atoms with Gasteiger partial charge >= 0.3 is 0 Å². The number of thiophene rings is 8. The third kappa shape index (κ3) is 13.6. The van der Waals surface area contributed by atoms with Gasteiger partial charge in [0.25, 0.3) is 23.6 Å². The Hall–Kier alpha value is -5.08. The zero-order valence-electron chi connectivity index (χ0n) is 56.5. The second kappa shape index (κ2) is 30.4. The Balaban J connectivity index is 0.957. The highest BCUT2D eigenvalue weighted by Gasteiger charge is 2.45. The van der Waals surface area contributed by atoms with Crippen molar-refractivity contribution in [1.82, 2.24) is 9.80 Å². The number of hydrogen-bond acceptors (Lipinski definition) is 12. The molecule has 4 amide bonds. The number of aryl methyl sites for hydroxylation is 2. The summed E-state index contributed by atoms with van der Waals surface area (Å²) in [6.45, 7) is 22.0. The predicted molar refractivity (Wildman–Crippen MR) is 408 cm³/mol. The van der Waals surface area contributed by atoms with Gasteiger partial charge in [-0.2, -0.15) is 0 Å². The molecule has 0 spiro atoms. The molecule has 0 bridgehead atoms. The quantitative estimate of drug-likeness (QED) is 0.0406. The van der Waals surface area contributed by atoms with E-state index in [9.17, 15) is 9.59 Å². The minimum absolute atomic E-state index is 0.0609. The van der Waals surface area contributed by atoms with E-state index < -0.39 is 11.6 Å². The molecule has 10 aromatic rings. The van der Waals surface area contributed by atoms with E-state index >= 15 is 22.8 Å². The van der Waals surface area contributed by atoms with E-state index in [4.69, 9.17) is 11.6 Å². The van der Waals surface area contributed by atoms with Crippen LogP contribution in [-0.2, 0) is 12.8 Å². The lowest BCUT2D eigenvalue weighted by Gasteiger charge is -2.21. The first kappa shape index (κ1) is 70.8. The van der Waals surface area contributed by atoms with Gasteiger partial charge in [-0.25, -0.2) is 13.2 Å². The van der Waals surface area contributed by atoms with Gasteiger partial charge in [0.15, 0.2) is 0 Å². The average Bonchev–Trinajstić information content (AvgIpc) is 1.55. The Kier molecular flexibility index (Phi) is 22.4. The molecule has 2 aliphatic heterocycles. The van der Waals surface area contributed by atoms with Crippen LogP contribution in [0, 0.1) is 55.0 Å². The summed E-state index contributed by atoms with van der Waals surface area (Å²) in [6.07, 6.45) is 17.8. The number of carbonyl (C=O) groups excluding carboxylic acids is 4. The molecule has 10 heterocycles. The van der Waals surface area contributed by atoms with Crippen LogP contribution in [0.4, 0.5) is 13.2 Å². The van der Waals surface area contributed by atoms with Gasteiger partial charge in [0.1, 0.15) is 17.5 Å². The van der Waals surface area contributed by atoms with Crippen molar-refractivity contribution in [3.63, 3.8) is 0 Å². The van der Waals surface area contributed by atoms with Gasteiger partial charge < -0.3 is 0 Å². The number of halogens is 4. The van der Waals surface area contributed by atoms with Crippen LogP contribution >= 0.6 is 102 Å². The number of carbonyl (C=O) groups is 4. The van der Waals surface area contributed by atoms with Gasteiger partial charge in [-0.05, 0) is 124 Å². The van der Waals surface area contributed by atoms with E-state index in [1.807, 2.05) is 19.1 Å². The fourth-order valence-corrected chi connectivity index (χ4v) is 24.2. The Morgan fingerprint density at radius 1 is 0.396 bits per heavy atom. The van der Waals surface area contributed by atoms with Gasteiger partial charge in [0.05, 0.1) is 41.9 Å². The normalized spacial score (nSPS) is 14.6. The van der Waals surface area contributed by atoms with Crippen molar-refractivity contribution in [2.45, 2.75) is 185 Å².